The molecule has 6 nitrogen and oxygen atoms in total. The molecule has 0 spiro atoms. The second-order valence-electron chi connectivity index (χ2n) is 6.32. The van der Waals surface area contributed by atoms with Crippen molar-refractivity contribution in [3.05, 3.63) is 47.5 Å². The van der Waals surface area contributed by atoms with Crippen molar-refractivity contribution < 1.29 is 0 Å². The van der Waals surface area contributed by atoms with E-state index in [4.69, 9.17) is 4.99 Å². The SMILES string of the molecule is CCNC(=NCc1ncccc1C)N1CCC(c2cnn(C)c2)C1.I. The van der Waals surface area contributed by atoms with Crippen molar-refractivity contribution in [3.63, 3.8) is 0 Å². The van der Waals surface area contributed by atoms with Crippen LogP contribution in [0.3, 0.4) is 0 Å². The molecule has 25 heavy (non-hydrogen) atoms. The minimum atomic E-state index is 0. The van der Waals surface area contributed by atoms with Crippen molar-refractivity contribution in [1.82, 2.24) is 25.0 Å². The normalized spacial score (nSPS) is 17.5. The molecule has 1 aliphatic heterocycles. The lowest BCUT2D eigenvalue weighted by Gasteiger charge is -2.21. The average Bonchev–Trinajstić information content (AvgIpc) is 3.21. The summed E-state index contributed by atoms with van der Waals surface area (Å²) >= 11 is 0. The minimum absolute atomic E-state index is 0. The van der Waals surface area contributed by atoms with Gasteiger partial charge in [-0.2, -0.15) is 5.10 Å². The third kappa shape index (κ3) is 4.93. The first-order valence-electron chi connectivity index (χ1n) is 8.59. The molecule has 2 aromatic heterocycles. The van der Waals surface area contributed by atoms with Gasteiger partial charge in [0.15, 0.2) is 5.96 Å². The predicted octanol–water partition coefficient (Wildman–Crippen LogP) is 2.70. The highest BCUT2D eigenvalue weighted by molar-refractivity contribution is 14.0. The topological polar surface area (TPSA) is 58.3 Å². The van der Waals surface area contributed by atoms with Gasteiger partial charge in [-0.1, -0.05) is 6.07 Å². The monoisotopic (exact) mass is 454 g/mol. The largest absolute Gasteiger partial charge is 0.357 e. The average molecular weight is 454 g/mol. The molecule has 1 aliphatic rings. The highest BCUT2D eigenvalue weighted by atomic mass is 127. The summed E-state index contributed by atoms with van der Waals surface area (Å²) in [5, 5.41) is 7.72. The van der Waals surface area contributed by atoms with Gasteiger partial charge < -0.3 is 10.2 Å². The zero-order chi connectivity index (χ0) is 16.9. The van der Waals surface area contributed by atoms with Gasteiger partial charge in [-0.05, 0) is 37.5 Å². The summed E-state index contributed by atoms with van der Waals surface area (Å²) in [4.78, 5) is 11.6. The zero-order valence-electron chi connectivity index (χ0n) is 15.1. The van der Waals surface area contributed by atoms with E-state index in [9.17, 15) is 0 Å². The summed E-state index contributed by atoms with van der Waals surface area (Å²) in [6.07, 6.45) is 7.07. The van der Waals surface area contributed by atoms with Crippen molar-refractivity contribution in [3.8, 4) is 0 Å². The van der Waals surface area contributed by atoms with E-state index in [0.717, 1.165) is 37.7 Å². The standard InChI is InChI=1S/C18H26N6.HI/c1-4-19-18(21-11-17-14(2)6-5-8-20-17)24-9-7-15(13-24)16-10-22-23(3)12-16;/h5-6,8,10,12,15H,4,7,9,11,13H2,1-3H3,(H,19,21);1H. The van der Waals surface area contributed by atoms with Crippen LogP contribution >= 0.6 is 24.0 Å². The highest BCUT2D eigenvalue weighted by Crippen LogP contribution is 2.26. The zero-order valence-corrected chi connectivity index (χ0v) is 17.5. The van der Waals surface area contributed by atoms with E-state index in [2.05, 4.69) is 46.4 Å². The van der Waals surface area contributed by atoms with Crippen LogP contribution in [0.1, 0.15) is 36.1 Å². The Balaban J connectivity index is 0.00000225. The Bertz CT molecular complexity index is 711. The number of hydrogen-bond acceptors (Lipinski definition) is 3. The second-order valence-corrected chi connectivity index (χ2v) is 6.32. The number of pyridine rings is 1. The number of guanidine groups is 1. The Morgan fingerprint density at radius 3 is 2.96 bits per heavy atom. The lowest BCUT2D eigenvalue weighted by atomic mass is 10.0. The first-order valence-corrected chi connectivity index (χ1v) is 8.59. The number of nitrogens with one attached hydrogen (secondary N) is 1. The molecule has 0 bridgehead atoms. The minimum Gasteiger partial charge on any atom is -0.357 e. The number of likely N-dealkylation sites (tertiary alicyclic amines) is 1. The lowest BCUT2D eigenvalue weighted by Crippen LogP contribution is -2.40. The molecule has 136 valence electrons. The predicted molar refractivity (Wildman–Crippen MR) is 111 cm³/mol. The maximum atomic E-state index is 4.81. The van der Waals surface area contributed by atoms with Gasteiger partial charge in [0.2, 0.25) is 0 Å². The lowest BCUT2D eigenvalue weighted by molar-refractivity contribution is 0.485. The molecule has 1 fully saturated rings. The quantitative estimate of drug-likeness (QED) is 0.439. The van der Waals surface area contributed by atoms with E-state index < -0.39 is 0 Å². The number of aryl methyl sites for hydroxylation is 2. The Hall–Kier alpha value is -1.64. The van der Waals surface area contributed by atoms with Crippen LogP contribution < -0.4 is 5.32 Å². The Kier molecular flexibility index (Phi) is 7.22. The number of halogens is 1. The second kappa shape index (κ2) is 9.17. The molecule has 0 aromatic carbocycles. The van der Waals surface area contributed by atoms with Gasteiger partial charge in [0.1, 0.15) is 0 Å². The molecule has 1 N–H and O–H groups in total. The number of rotatable bonds is 4. The molecular weight excluding hydrogens is 427 g/mol. The van der Waals surface area contributed by atoms with Crippen LogP contribution in [0.25, 0.3) is 0 Å². The van der Waals surface area contributed by atoms with Crippen molar-refractivity contribution in [2.45, 2.75) is 32.7 Å². The fourth-order valence-corrected chi connectivity index (χ4v) is 3.14. The van der Waals surface area contributed by atoms with Crippen molar-refractivity contribution in [2.75, 3.05) is 19.6 Å². The number of nitrogens with zero attached hydrogens (tertiary/aromatic N) is 5. The van der Waals surface area contributed by atoms with Gasteiger partial charge in [0, 0.05) is 45.0 Å². The van der Waals surface area contributed by atoms with Gasteiger partial charge in [0.25, 0.3) is 0 Å². The van der Waals surface area contributed by atoms with Gasteiger partial charge in [0.05, 0.1) is 18.4 Å². The first-order chi connectivity index (χ1) is 11.7. The van der Waals surface area contributed by atoms with Crippen molar-refractivity contribution in [2.24, 2.45) is 12.0 Å². The highest BCUT2D eigenvalue weighted by Gasteiger charge is 2.26. The smallest absolute Gasteiger partial charge is 0.194 e. The summed E-state index contributed by atoms with van der Waals surface area (Å²) in [5.41, 5.74) is 3.54. The van der Waals surface area contributed by atoms with Gasteiger partial charge in [-0.15, -0.1) is 24.0 Å². The van der Waals surface area contributed by atoms with Gasteiger partial charge in [-0.3, -0.25) is 9.67 Å². The molecule has 0 amide bonds. The van der Waals surface area contributed by atoms with E-state index in [1.165, 1.54) is 11.1 Å². The molecule has 7 heteroatoms. The Morgan fingerprint density at radius 2 is 2.28 bits per heavy atom. The van der Waals surface area contributed by atoms with Gasteiger partial charge in [-0.25, -0.2) is 4.99 Å². The third-order valence-corrected chi connectivity index (χ3v) is 4.52. The van der Waals surface area contributed by atoms with E-state index in [-0.39, 0.29) is 24.0 Å². The summed E-state index contributed by atoms with van der Waals surface area (Å²) in [6, 6.07) is 4.05. The molecule has 3 heterocycles. The third-order valence-electron chi connectivity index (χ3n) is 4.52. The number of hydrogen-bond donors (Lipinski definition) is 1. The van der Waals surface area contributed by atoms with E-state index >= 15 is 0 Å². The molecule has 0 radical (unpaired) electrons. The number of aliphatic imine (C=N–C) groups is 1. The molecule has 1 unspecified atom stereocenters. The molecule has 0 aliphatic carbocycles. The van der Waals surface area contributed by atoms with E-state index in [1.54, 1.807) is 0 Å². The summed E-state index contributed by atoms with van der Waals surface area (Å²) < 4.78 is 1.88. The van der Waals surface area contributed by atoms with E-state index in [1.807, 2.05) is 30.2 Å². The Labute approximate surface area is 166 Å². The molecule has 3 rings (SSSR count). The van der Waals surface area contributed by atoms with E-state index in [0.29, 0.717) is 12.5 Å². The van der Waals surface area contributed by atoms with Crippen LogP contribution in [0.15, 0.2) is 35.7 Å². The van der Waals surface area contributed by atoms with Crippen LogP contribution in [-0.2, 0) is 13.6 Å². The summed E-state index contributed by atoms with van der Waals surface area (Å²) in [5.74, 6) is 1.51. The summed E-state index contributed by atoms with van der Waals surface area (Å²) in [6.45, 7) is 7.68. The van der Waals surface area contributed by atoms with Crippen molar-refractivity contribution >= 4 is 29.9 Å². The van der Waals surface area contributed by atoms with Crippen LogP contribution in [0.2, 0.25) is 0 Å². The number of aromatic nitrogens is 3. The van der Waals surface area contributed by atoms with Gasteiger partial charge >= 0.3 is 0 Å². The van der Waals surface area contributed by atoms with Crippen LogP contribution in [-0.4, -0.2) is 45.3 Å². The summed E-state index contributed by atoms with van der Waals surface area (Å²) in [7, 11) is 1.97. The maximum Gasteiger partial charge on any atom is 0.194 e. The van der Waals surface area contributed by atoms with Crippen LogP contribution in [0, 0.1) is 6.92 Å². The molecule has 2 aromatic rings. The fourth-order valence-electron chi connectivity index (χ4n) is 3.14. The van der Waals surface area contributed by atoms with Crippen molar-refractivity contribution in [1.29, 1.82) is 0 Å². The maximum absolute atomic E-state index is 4.81. The molecule has 1 saturated heterocycles. The van der Waals surface area contributed by atoms with Crippen LogP contribution in [0.5, 0.6) is 0 Å². The molecule has 1 atom stereocenters. The molecule has 0 saturated carbocycles. The Morgan fingerprint density at radius 1 is 1.44 bits per heavy atom. The van der Waals surface area contributed by atoms with Crippen LogP contribution in [0.4, 0.5) is 0 Å². The molecular formula is C18H27IN6. The fraction of sp³-hybridized carbons (Fsp3) is 0.500. The first kappa shape index (κ1) is 19.7.